The van der Waals surface area contributed by atoms with E-state index >= 15 is 0 Å². The van der Waals surface area contributed by atoms with E-state index in [1.54, 1.807) is 19.2 Å². The van der Waals surface area contributed by atoms with Crippen molar-refractivity contribution in [3.63, 3.8) is 0 Å². The monoisotopic (exact) mass is 366 g/mol. The Morgan fingerprint density at radius 3 is 2.64 bits per heavy atom. The van der Waals surface area contributed by atoms with Crippen LogP contribution in [0.5, 0.6) is 5.75 Å². The van der Waals surface area contributed by atoms with Gasteiger partial charge >= 0.3 is 5.97 Å². The number of carboxylic acid groups (broad SMARTS) is 1. The first-order chi connectivity index (χ1) is 11.9. The second kappa shape index (κ2) is 7.19. The smallest absolute Gasteiger partial charge is 0.332 e. The van der Waals surface area contributed by atoms with Crippen molar-refractivity contribution in [3.8, 4) is 5.75 Å². The molecular weight excluding hydrogens is 344 g/mol. The zero-order valence-corrected chi connectivity index (χ0v) is 14.9. The predicted octanol–water partition coefficient (Wildman–Crippen LogP) is 0.238. The molecule has 3 rings (SSSR count). The van der Waals surface area contributed by atoms with Gasteiger partial charge in [0.25, 0.3) is 0 Å². The molecule has 1 atom stereocenters. The number of aromatic hydroxyl groups is 1. The standard InChI is InChI=1S/C16H22N4O4S/c1-16(15(23)24)10-25-14(18-16)13-12(22)8-11(9-17-13)20-4-2-19(3-5-20)6-7-21/h8-9,21-22H,2-7,10H2,1H3,(H,23,24)/t16-/m1/s1. The number of carbonyl (C=O) groups is 1. The lowest BCUT2D eigenvalue weighted by molar-refractivity contribution is -0.141. The summed E-state index contributed by atoms with van der Waals surface area (Å²) in [5.41, 5.74) is -0.0114. The maximum atomic E-state index is 11.3. The van der Waals surface area contributed by atoms with Gasteiger partial charge in [-0.25, -0.2) is 9.78 Å². The van der Waals surface area contributed by atoms with Gasteiger partial charge in [0, 0.05) is 44.5 Å². The summed E-state index contributed by atoms with van der Waals surface area (Å²) in [5, 5.41) is 29.1. The molecule has 3 N–H and O–H groups in total. The summed E-state index contributed by atoms with van der Waals surface area (Å²) in [6.07, 6.45) is 1.69. The maximum absolute atomic E-state index is 11.3. The molecule has 1 aromatic rings. The molecule has 2 aliphatic rings. The Hall–Kier alpha value is -1.84. The third-order valence-corrected chi connectivity index (χ3v) is 5.77. The van der Waals surface area contributed by atoms with Crippen molar-refractivity contribution in [2.45, 2.75) is 12.5 Å². The van der Waals surface area contributed by atoms with Gasteiger partial charge in [-0.15, -0.1) is 11.8 Å². The van der Waals surface area contributed by atoms with Gasteiger partial charge in [-0.1, -0.05) is 0 Å². The molecule has 25 heavy (non-hydrogen) atoms. The van der Waals surface area contributed by atoms with Crippen LogP contribution in [-0.4, -0.2) is 86.8 Å². The Bertz CT molecular complexity index is 691. The van der Waals surface area contributed by atoms with Crippen LogP contribution in [-0.2, 0) is 4.79 Å². The minimum absolute atomic E-state index is 0.0103. The number of aliphatic hydroxyl groups excluding tert-OH is 1. The molecule has 0 saturated carbocycles. The second-order valence-corrected chi connectivity index (χ2v) is 7.36. The number of anilines is 1. The average Bonchev–Trinajstić information content (AvgIpc) is 2.99. The van der Waals surface area contributed by atoms with Gasteiger partial charge in [-0.3, -0.25) is 9.89 Å². The lowest BCUT2D eigenvalue weighted by Crippen LogP contribution is -2.47. The van der Waals surface area contributed by atoms with Gasteiger partial charge in [-0.05, 0) is 6.92 Å². The Morgan fingerprint density at radius 2 is 2.08 bits per heavy atom. The summed E-state index contributed by atoms with van der Waals surface area (Å²) in [6, 6.07) is 1.66. The van der Waals surface area contributed by atoms with E-state index in [4.69, 9.17) is 5.11 Å². The highest BCUT2D eigenvalue weighted by Crippen LogP contribution is 2.34. The minimum Gasteiger partial charge on any atom is -0.506 e. The molecule has 1 aromatic heterocycles. The number of aliphatic carboxylic acids is 1. The van der Waals surface area contributed by atoms with Crippen molar-refractivity contribution < 1.29 is 20.1 Å². The van der Waals surface area contributed by atoms with Crippen molar-refractivity contribution in [1.82, 2.24) is 9.88 Å². The zero-order chi connectivity index (χ0) is 18.0. The highest BCUT2D eigenvalue weighted by atomic mass is 32.2. The number of carboxylic acids is 1. The molecule has 0 spiro atoms. The largest absolute Gasteiger partial charge is 0.506 e. The first-order valence-corrected chi connectivity index (χ1v) is 9.15. The van der Waals surface area contributed by atoms with E-state index in [1.165, 1.54) is 11.8 Å². The van der Waals surface area contributed by atoms with Crippen LogP contribution in [0.3, 0.4) is 0 Å². The SMILES string of the molecule is C[C@]1(C(=O)O)CSC(c2ncc(N3CCN(CCO)CC3)cc2O)=N1. The van der Waals surface area contributed by atoms with Crippen molar-refractivity contribution in [2.75, 3.05) is 50.0 Å². The number of thioether (sulfide) groups is 1. The predicted molar refractivity (Wildman–Crippen MR) is 96.7 cm³/mol. The first-order valence-electron chi connectivity index (χ1n) is 8.16. The highest BCUT2D eigenvalue weighted by Gasteiger charge is 2.39. The lowest BCUT2D eigenvalue weighted by Gasteiger charge is -2.35. The number of aliphatic imine (C=N–C) groups is 1. The molecule has 3 heterocycles. The molecule has 1 fully saturated rings. The molecule has 136 valence electrons. The summed E-state index contributed by atoms with van der Waals surface area (Å²) >= 11 is 1.29. The number of hydrogen-bond acceptors (Lipinski definition) is 8. The maximum Gasteiger partial charge on any atom is 0.332 e. The Kier molecular flexibility index (Phi) is 5.16. The number of aromatic nitrogens is 1. The summed E-state index contributed by atoms with van der Waals surface area (Å²) in [7, 11) is 0. The van der Waals surface area contributed by atoms with Crippen molar-refractivity contribution in [1.29, 1.82) is 0 Å². The molecule has 0 aliphatic carbocycles. The first kappa shape index (κ1) is 18.0. The number of pyridine rings is 1. The van der Waals surface area contributed by atoms with E-state index in [-0.39, 0.29) is 12.4 Å². The minimum atomic E-state index is -1.17. The fourth-order valence-electron chi connectivity index (χ4n) is 2.88. The Balaban J connectivity index is 1.73. The number of hydrogen-bond donors (Lipinski definition) is 3. The molecule has 1 saturated heterocycles. The molecule has 0 aromatic carbocycles. The molecule has 0 unspecified atom stereocenters. The van der Waals surface area contributed by atoms with Crippen LogP contribution in [0, 0.1) is 0 Å². The Labute approximate surface area is 150 Å². The molecule has 8 nitrogen and oxygen atoms in total. The topological polar surface area (TPSA) is 109 Å². The Morgan fingerprint density at radius 1 is 1.36 bits per heavy atom. The van der Waals surface area contributed by atoms with Gasteiger partial charge in [-0.2, -0.15) is 0 Å². The summed E-state index contributed by atoms with van der Waals surface area (Å²) in [4.78, 5) is 24.2. The number of rotatable bonds is 5. The van der Waals surface area contributed by atoms with E-state index in [1.807, 2.05) is 0 Å². The summed E-state index contributed by atoms with van der Waals surface area (Å²) < 4.78 is 0. The van der Waals surface area contributed by atoms with Gasteiger partial charge in [0.05, 0.1) is 18.5 Å². The van der Waals surface area contributed by atoms with Crippen LogP contribution in [0.2, 0.25) is 0 Å². The highest BCUT2D eigenvalue weighted by molar-refractivity contribution is 8.14. The molecule has 0 bridgehead atoms. The van der Waals surface area contributed by atoms with Crippen LogP contribution < -0.4 is 4.90 Å². The van der Waals surface area contributed by atoms with E-state index in [0.29, 0.717) is 23.0 Å². The number of piperazine rings is 1. The number of aliphatic hydroxyl groups is 1. The fourth-order valence-corrected chi connectivity index (χ4v) is 4.05. The van der Waals surface area contributed by atoms with E-state index < -0.39 is 11.5 Å². The van der Waals surface area contributed by atoms with E-state index in [0.717, 1.165) is 31.9 Å². The van der Waals surface area contributed by atoms with E-state index in [9.17, 15) is 15.0 Å². The third-order valence-electron chi connectivity index (χ3n) is 4.51. The van der Waals surface area contributed by atoms with Gasteiger partial charge in [0.1, 0.15) is 16.5 Å². The number of β-amino-alcohol motifs (C(OH)–C–C–N with tert-alkyl or cyclic N) is 1. The van der Waals surface area contributed by atoms with Crippen LogP contribution >= 0.6 is 11.8 Å². The molecule has 0 amide bonds. The fraction of sp³-hybridized carbons (Fsp3) is 0.562. The van der Waals surface area contributed by atoms with Crippen LogP contribution in [0.25, 0.3) is 0 Å². The van der Waals surface area contributed by atoms with Crippen LogP contribution in [0.4, 0.5) is 5.69 Å². The van der Waals surface area contributed by atoms with Gasteiger partial charge in [0.2, 0.25) is 0 Å². The van der Waals surface area contributed by atoms with Crippen LogP contribution in [0.1, 0.15) is 12.6 Å². The van der Waals surface area contributed by atoms with Crippen molar-refractivity contribution in [2.24, 2.45) is 4.99 Å². The quantitative estimate of drug-likeness (QED) is 0.680. The molecule has 2 aliphatic heterocycles. The summed E-state index contributed by atoms with van der Waals surface area (Å²) in [6.45, 7) is 5.69. The van der Waals surface area contributed by atoms with Gasteiger partial charge < -0.3 is 20.2 Å². The second-order valence-electron chi connectivity index (χ2n) is 6.40. The normalized spacial score (nSPS) is 24.4. The van der Waals surface area contributed by atoms with Crippen molar-refractivity contribution >= 4 is 28.5 Å². The van der Waals surface area contributed by atoms with E-state index in [2.05, 4.69) is 19.8 Å². The molecule has 9 heteroatoms. The zero-order valence-electron chi connectivity index (χ0n) is 14.1. The molecule has 0 radical (unpaired) electrons. The average molecular weight is 366 g/mol. The summed E-state index contributed by atoms with van der Waals surface area (Å²) in [5.74, 6) is -0.643. The lowest BCUT2D eigenvalue weighted by atomic mass is 10.1. The van der Waals surface area contributed by atoms with Crippen LogP contribution in [0.15, 0.2) is 17.3 Å². The number of nitrogens with zero attached hydrogens (tertiary/aromatic N) is 4. The van der Waals surface area contributed by atoms with Crippen molar-refractivity contribution in [3.05, 3.63) is 18.0 Å². The van der Waals surface area contributed by atoms with Gasteiger partial charge in [0.15, 0.2) is 5.54 Å². The molecular formula is C16H22N4O4S. The third kappa shape index (κ3) is 3.73.